The van der Waals surface area contributed by atoms with Crippen LogP contribution in [0, 0.1) is 6.92 Å². The van der Waals surface area contributed by atoms with Gasteiger partial charge in [-0.25, -0.2) is 0 Å². The number of carboxylic acids is 1. The third kappa shape index (κ3) is 2.00. The molecule has 96 valence electrons. The summed E-state index contributed by atoms with van der Waals surface area (Å²) in [6.45, 7) is 2.01. The number of carbonyl (C=O) groups is 1. The van der Waals surface area contributed by atoms with Crippen LogP contribution in [0.5, 0.6) is 0 Å². The van der Waals surface area contributed by atoms with Gasteiger partial charge in [-0.15, -0.1) is 10.2 Å². The van der Waals surface area contributed by atoms with Crippen LogP contribution >= 0.6 is 11.3 Å². The zero-order valence-electron chi connectivity index (χ0n) is 10.2. The van der Waals surface area contributed by atoms with Crippen LogP contribution in [0.4, 0.5) is 0 Å². The van der Waals surface area contributed by atoms with Crippen LogP contribution in [0.25, 0.3) is 16.2 Å². The molecule has 1 aromatic carbocycles. The van der Waals surface area contributed by atoms with Gasteiger partial charge in [-0.1, -0.05) is 41.7 Å². The van der Waals surface area contributed by atoms with Gasteiger partial charge < -0.3 is 5.11 Å². The van der Waals surface area contributed by atoms with Crippen molar-refractivity contribution in [2.24, 2.45) is 0 Å². The number of rotatable bonds is 3. The fourth-order valence-electron chi connectivity index (χ4n) is 2.11. The van der Waals surface area contributed by atoms with Gasteiger partial charge in [-0.05, 0) is 12.5 Å². The van der Waals surface area contributed by atoms with Crippen molar-refractivity contribution < 1.29 is 9.90 Å². The predicted molar refractivity (Wildman–Crippen MR) is 72.4 cm³/mol. The van der Waals surface area contributed by atoms with Crippen LogP contribution in [0.3, 0.4) is 0 Å². The molecule has 0 radical (unpaired) electrons. The van der Waals surface area contributed by atoms with Crippen LogP contribution in [0.15, 0.2) is 30.3 Å². The van der Waals surface area contributed by atoms with E-state index in [1.807, 2.05) is 41.7 Å². The number of aliphatic carboxylic acids is 1. The molecule has 0 fully saturated rings. The van der Waals surface area contributed by atoms with Crippen LogP contribution in [-0.2, 0) is 11.2 Å². The summed E-state index contributed by atoms with van der Waals surface area (Å²) in [6, 6.07) is 9.86. The Morgan fingerprint density at radius 2 is 2.05 bits per heavy atom. The van der Waals surface area contributed by atoms with Crippen molar-refractivity contribution in [3.63, 3.8) is 0 Å². The highest BCUT2D eigenvalue weighted by Crippen LogP contribution is 2.31. The first kappa shape index (κ1) is 11.9. The van der Waals surface area contributed by atoms with Gasteiger partial charge in [-0.3, -0.25) is 9.20 Å². The Bertz CT molecular complexity index is 746. The van der Waals surface area contributed by atoms with Crippen molar-refractivity contribution in [2.45, 2.75) is 13.3 Å². The molecule has 0 aliphatic heterocycles. The topological polar surface area (TPSA) is 67.5 Å². The summed E-state index contributed by atoms with van der Waals surface area (Å²) in [4.78, 5) is 12.7. The molecule has 0 saturated carbocycles. The zero-order valence-corrected chi connectivity index (χ0v) is 11.0. The number of benzene rings is 1. The lowest BCUT2D eigenvalue weighted by molar-refractivity contribution is -0.136. The minimum Gasteiger partial charge on any atom is -0.481 e. The molecule has 3 rings (SSSR count). The molecule has 0 aliphatic rings. The van der Waals surface area contributed by atoms with Crippen LogP contribution < -0.4 is 0 Å². The first-order valence-electron chi connectivity index (χ1n) is 5.77. The maximum Gasteiger partial charge on any atom is 0.311 e. The normalized spacial score (nSPS) is 11.0. The van der Waals surface area contributed by atoms with Gasteiger partial charge in [0.25, 0.3) is 0 Å². The van der Waals surface area contributed by atoms with Crippen molar-refractivity contribution in [3.05, 3.63) is 41.0 Å². The first-order valence-corrected chi connectivity index (χ1v) is 6.59. The molecule has 0 atom stereocenters. The summed E-state index contributed by atoms with van der Waals surface area (Å²) in [5, 5.41) is 16.9. The van der Waals surface area contributed by atoms with E-state index in [0.717, 1.165) is 21.1 Å². The molecule has 6 heteroatoms. The lowest BCUT2D eigenvalue weighted by atomic mass is 10.1. The van der Waals surface area contributed by atoms with Crippen molar-refractivity contribution >= 4 is 22.3 Å². The highest BCUT2D eigenvalue weighted by molar-refractivity contribution is 7.17. The average Bonchev–Trinajstić information content (AvgIpc) is 2.89. The highest BCUT2D eigenvalue weighted by atomic mass is 32.1. The standard InChI is InChI=1S/C13H11N3O2S/c1-8-12(9-5-3-2-4-6-9)16-10(7-11(17)18)14-15-13(16)19-8/h2-6H,7H2,1H3,(H,17,18). The van der Waals surface area contributed by atoms with Gasteiger partial charge in [-0.2, -0.15) is 0 Å². The maximum absolute atomic E-state index is 10.9. The summed E-state index contributed by atoms with van der Waals surface area (Å²) >= 11 is 1.52. The van der Waals surface area contributed by atoms with Gasteiger partial charge in [0, 0.05) is 4.88 Å². The molecule has 1 N–H and O–H groups in total. The molecular formula is C13H11N3O2S. The Kier molecular flexibility index (Phi) is 2.79. The van der Waals surface area contributed by atoms with E-state index in [4.69, 9.17) is 5.11 Å². The Morgan fingerprint density at radius 3 is 2.74 bits per heavy atom. The van der Waals surface area contributed by atoms with Gasteiger partial charge in [0.15, 0.2) is 0 Å². The Morgan fingerprint density at radius 1 is 1.32 bits per heavy atom. The van der Waals surface area contributed by atoms with Gasteiger partial charge in [0.05, 0.1) is 5.69 Å². The van der Waals surface area contributed by atoms with Crippen LogP contribution in [0.1, 0.15) is 10.7 Å². The molecule has 0 saturated heterocycles. The Hall–Kier alpha value is -2.21. The second-order valence-corrected chi connectivity index (χ2v) is 5.36. The van der Waals surface area contributed by atoms with E-state index in [9.17, 15) is 4.79 Å². The fraction of sp³-hybridized carbons (Fsp3) is 0.154. The van der Waals surface area contributed by atoms with Crippen molar-refractivity contribution in [2.75, 3.05) is 0 Å². The van der Waals surface area contributed by atoms with E-state index < -0.39 is 5.97 Å². The first-order chi connectivity index (χ1) is 9.16. The zero-order chi connectivity index (χ0) is 13.4. The smallest absolute Gasteiger partial charge is 0.311 e. The molecular weight excluding hydrogens is 262 g/mol. The third-order valence-electron chi connectivity index (χ3n) is 2.86. The number of nitrogens with zero attached hydrogens (tertiary/aromatic N) is 3. The maximum atomic E-state index is 10.9. The number of hydrogen-bond donors (Lipinski definition) is 1. The lowest BCUT2D eigenvalue weighted by Crippen LogP contribution is -2.05. The minimum absolute atomic E-state index is 0.128. The molecule has 0 unspecified atom stereocenters. The quantitative estimate of drug-likeness (QED) is 0.795. The number of aryl methyl sites for hydroxylation is 1. The number of aromatic nitrogens is 3. The monoisotopic (exact) mass is 273 g/mol. The molecule has 5 nitrogen and oxygen atoms in total. The fourth-order valence-corrected chi connectivity index (χ4v) is 3.06. The number of carboxylic acid groups (broad SMARTS) is 1. The second-order valence-electron chi connectivity index (χ2n) is 4.18. The molecule has 3 aromatic rings. The number of hydrogen-bond acceptors (Lipinski definition) is 4. The summed E-state index contributed by atoms with van der Waals surface area (Å²) in [6.07, 6.45) is -0.128. The predicted octanol–water partition coefficient (Wildman–Crippen LogP) is 2.39. The SMILES string of the molecule is Cc1sc2nnc(CC(=O)O)n2c1-c1ccccc1. The van der Waals surface area contributed by atoms with E-state index in [-0.39, 0.29) is 6.42 Å². The molecule has 0 amide bonds. The average molecular weight is 273 g/mol. The van der Waals surface area contributed by atoms with E-state index >= 15 is 0 Å². The third-order valence-corrected chi connectivity index (χ3v) is 3.80. The molecule has 2 heterocycles. The largest absolute Gasteiger partial charge is 0.481 e. The molecule has 2 aromatic heterocycles. The second kappa shape index (κ2) is 4.47. The Labute approximate surface area is 113 Å². The van der Waals surface area contributed by atoms with E-state index in [2.05, 4.69) is 10.2 Å². The van der Waals surface area contributed by atoms with Crippen LogP contribution in [-0.4, -0.2) is 25.7 Å². The summed E-state index contributed by atoms with van der Waals surface area (Å²) in [5.41, 5.74) is 2.01. The van der Waals surface area contributed by atoms with E-state index in [1.54, 1.807) is 0 Å². The molecule has 0 spiro atoms. The van der Waals surface area contributed by atoms with Crippen molar-refractivity contribution in [1.29, 1.82) is 0 Å². The van der Waals surface area contributed by atoms with E-state index in [0.29, 0.717) is 5.82 Å². The molecule has 0 bridgehead atoms. The summed E-state index contributed by atoms with van der Waals surface area (Å²) < 4.78 is 1.84. The number of thiazole rings is 1. The van der Waals surface area contributed by atoms with Gasteiger partial charge in [0.1, 0.15) is 12.2 Å². The lowest BCUT2D eigenvalue weighted by Gasteiger charge is -2.03. The number of fused-ring (bicyclic) bond motifs is 1. The molecule has 19 heavy (non-hydrogen) atoms. The summed E-state index contributed by atoms with van der Waals surface area (Å²) in [5.74, 6) is -0.442. The van der Waals surface area contributed by atoms with E-state index in [1.165, 1.54) is 11.3 Å². The molecule has 0 aliphatic carbocycles. The van der Waals surface area contributed by atoms with Crippen LogP contribution in [0.2, 0.25) is 0 Å². The van der Waals surface area contributed by atoms with Gasteiger partial charge in [0.2, 0.25) is 4.96 Å². The highest BCUT2D eigenvalue weighted by Gasteiger charge is 2.18. The van der Waals surface area contributed by atoms with Crippen molar-refractivity contribution in [1.82, 2.24) is 14.6 Å². The summed E-state index contributed by atoms with van der Waals surface area (Å²) in [7, 11) is 0. The minimum atomic E-state index is -0.905. The Balaban J connectivity index is 2.25. The van der Waals surface area contributed by atoms with Crippen molar-refractivity contribution in [3.8, 4) is 11.3 Å². The van der Waals surface area contributed by atoms with Gasteiger partial charge >= 0.3 is 5.97 Å².